The number of fused-ring (bicyclic) bond motifs is 1. The topological polar surface area (TPSA) is 24.9 Å². The van der Waals surface area contributed by atoms with Gasteiger partial charge in [-0.25, -0.2) is 0 Å². The minimum atomic E-state index is 0.592. The molecule has 0 saturated heterocycles. The molecule has 1 aromatic rings. The number of nitrogens with one attached hydrogen (secondary N) is 1. The smallest absolute Gasteiger partial charge is 0.0565 e. The predicted octanol–water partition coefficient (Wildman–Crippen LogP) is 3.03. The Hall–Kier alpha value is -1.05. The Morgan fingerprint density at radius 3 is 2.93 bits per heavy atom. The van der Waals surface area contributed by atoms with Crippen LogP contribution >= 0.6 is 0 Å². The number of pyridine rings is 1. The van der Waals surface area contributed by atoms with Crippen LogP contribution in [0.4, 0.5) is 5.69 Å². The average Bonchev–Trinajstić information content (AvgIpc) is 2.55. The molecule has 0 aromatic carbocycles. The summed E-state index contributed by atoms with van der Waals surface area (Å²) in [5, 5.41) is 3.55. The van der Waals surface area contributed by atoms with Crippen LogP contribution in [0, 0.1) is 5.92 Å². The van der Waals surface area contributed by atoms with Crippen LogP contribution in [0.25, 0.3) is 0 Å². The third-order valence-electron chi connectivity index (χ3n) is 3.15. The lowest BCUT2D eigenvalue weighted by atomic mass is 9.84. The minimum Gasteiger partial charge on any atom is -0.380 e. The van der Waals surface area contributed by atoms with Crippen molar-refractivity contribution in [3.63, 3.8) is 0 Å². The maximum absolute atomic E-state index is 4.16. The van der Waals surface area contributed by atoms with Gasteiger partial charge in [-0.2, -0.15) is 0 Å². The van der Waals surface area contributed by atoms with E-state index in [0.29, 0.717) is 17.9 Å². The summed E-state index contributed by atoms with van der Waals surface area (Å²) in [6, 6.07) is 2.75. The molecule has 1 aliphatic rings. The lowest BCUT2D eigenvalue weighted by Gasteiger charge is -2.22. The van der Waals surface area contributed by atoms with Gasteiger partial charge in [0, 0.05) is 18.2 Å². The zero-order valence-electron chi connectivity index (χ0n) is 9.12. The molecule has 0 aliphatic carbocycles. The van der Waals surface area contributed by atoms with E-state index in [1.54, 1.807) is 0 Å². The van der Waals surface area contributed by atoms with Gasteiger partial charge < -0.3 is 5.32 Å². The van der Waals surface area contributed by atoms with Crippen molar-refractivity contribution < 1.29 is 0 Å². The third kappa shape index (κ3) is 1.39. The summed E-state index contributed by atoms with van der Waals surface area (Å²) in [4.78, 5) is 4.16. The first kappa shape index (κ1) is 9.50. The normalized spacial score (nSPS) is 24.9. The van der Waals surface area contributed by atoms with E-state index < -0.39 is 0 Å². The minimum absolute atomic E-state index is 0.592. The Balaban J connectivity index is 2.37. The van der Waals surface area contributed by atoms with Gasteiger partial charge in [0.15, 0.2) is 0 Å². The van der Waals surface area contributed by atoms with Gasteiger partial charge in [0.2, 0.25) is 0 Å². The van der Waals surface area contributed by atoms with E-state index in [-0.39, 0.29) is 0 Å². The van der Waals surface area contributed by atoms with Gasteiger partial charge in [0.05, 0.1) is 11.9 Å². The molecule has 1 N–H and O–H groups in total. The van der Waals surface area contributed by atoms with Gasteiger partial charge in [-0.3, -0.25) is 4.98 Å². The molecule has 2 atom stereocenters. The zero-order chi connectivity index (χ0) is 10.1. The molecule has 0 spiro atoms. The van der Waals surface area contributed by atoms with Gasteiger partial charge in [0.1, 0.15) is 0 Å². The summed E-state index contributed by atoms with van der Waals surface area (Å²) >= 11 is 0. The van der Waals surface area contributed by atoms with E-state index in [1.165, 1.54) is 17.7 Å². The third-order valence-corrected chi connectivity index (χ3v) is 3.15. The number of hydrogen-bond acceptors (Lipinski definition) is 2. The first-order valence-electron chi connectivity index (χ1n) is 5.44. The summed E-state index contributed by atoms with van der Waals surface area (Å²) < 4.78 is 0. The Labute approximate surface area is 85.7 Å². The van der Waals surface area contributed by atoms with E-state index in [0.717, 1.165) is 0 Å². The zero-order valence-corrected chi connectivity index (χ0v) is 9.12. The molecule has 2 heterocycles. The fraction of sp³-hybridized carbons (Fsp3) is 0.583. The highest BCUT2D eigenvalue weighted by molar-refractivity contribution is 5.57. The van der Waals surface area contributed by atoms with Gasteiger partial charge in [0.25, 0.3) is 0 Å². The van der Waals surface area contributed by atoms with Crippen molar-refractivity contribution in [2.75, 3.05) is 5.32 Å². The Bertz CT molecular complexity index is 320. The van der Waals surface area contributed by atoms with Crippen molar-refractivity contribution in [1.82, 2.24) is 4.98 Å². The molecule has 76 valence electrons. The highest BCUT2D eigenvalue weighted by Crippen LogP contribution is 2.40. The second-order valence-electron chi connectivity index (χ2n) is 4.39. The second kappa shape index (κ2) is 3.60. The van der Waals surface area contributed by atoms with Crippen LogP contribution < -0.4 is 5.32 Å². The molecule has 0 fully saturated rings. The largest absolute Gasteiger partial charge is 0.380 e. The van der Waals surface area contributed by atoms with Crippen molar-refractivity contribution in [2.45, 2.75) is 39.2 Å². The molecule has 0 amide bonds. The Morgan fingerprint density at radius 2 is 2.29 bits per heavy atom. The molecule has 0 radical (unpaired) electrons. The molecule has 0 saturated carbocycles. The van der Waals surface area contributed by atoms with Crippen LogP contribution in [0.5, 0.6) is 0 Å². The number of aromatic nitrogens is 1. The van der Waals surface area contributed by atoms with Crippen LogP contribution in [-0.4, -0.2) is 11.0 Å². The van der Waals surface area contributed by atoms with Crippen LogP contribution in [0.15, 0.2) is 18.5 Å². The molecule has 1 aliphatic heterocycles. The fourth-order valence-electron chi connectivity index (χ4n) is 2.50. The van der Waals surface area contributed by atoms with Gasteiger partial charge in [-0.05, 0) is 24.0 Å². The van der Waals surface area contributed by atoms with Crippen LogP contribution in [0.1, 0.15) is 38.7 Å². The maximum Gasteiger partial charge on any atom is 0.0565 e. The Morgan fingerprint density at radius 1 is 1.50 bits per heavy atom. The molecule has 14 heavy (non-hydrogen) atoms. The fourth-order valence-corrected chi connectivity index (χ4v) is 2.50. The summed E-state index contributed by atoms with van der Waals surface area (Å²) in [7, 11) is 0. The molecule has 2 nitrogen and oxygen atoms in total. The van der Waals surface area contributed by atoms with Crippen molar-refractivity contribution in [3.8, 4) is 0 Å². The summed E-state index contributed by atoms with van der Waals surface area (Å²) in [6.07, 6.45) is 5.02. The van der Waals surface area contributed by atoms with E-state index in [4.69, 9.17) is 0 Å². The van der Waals surface area contributed by atoms with Crippen LogP contribution in [-0.2, 0) is 0 Å². The van der Waals surface area contributed by atoms with Crippen molar-refractivity contribution in [2.24, 2.45) is 5.92 Å². The van der Waals surface area contributed by atoms with Gasteiger partial charge in [-0.15, -0.1) is 0 Å². The summed E-state index contributed by atoms with van der Waals surface area (Å²) in [5.74, 6) is 1.34. The SMILES string of the molecule is CCC1Nc2cnccc2C1C(C)C. The molecular weight excluding hydrogens is 172 g/mol. The molecule has 2 heteroatoms. The standard InChI is InChI=1S/C12H18N2/c1-4-10-12(8(2)3)9-5-6-13-7-11(9)14-10/h5-8,10,12,14H,4H2,1-3H3. The lowest BCUT2D eigenvalue weighted by Crippen LogP contribution is -2.23. The van der Waals surface area contributed by atoms with E-state index in [2.05, 4.69) is 37.1 Å². The first-order chi connectivity index (χ1) is 6.74. The number of anilines is 1. The highest BCUT2D eigenvalue weighted by atomic mass is 15.0. The Kier molecular flexibility index (Phi) is 2.44. The van der Waals surface area contributed by atoms with Crippen LogP contribution in [0.3, 0.4) is 0 Å². The average molecular weight is 190 g/mol. The number of hydrogen-bond donors (Lipinski definition) is 1. The van der Waals surface area contributed by atoms with Crippen molar-refractivity contribution in [3.05, 3.63) is 24.0 Å². The summed E-state index contributed by atoms with van der Waals surface area (Å²) in [6.45, 7) is 6.83. The molecule has 2 rings (SSSR count). The maximum atomic E-state index is 4.16. The first-order valence-corrected chi connectivity index (χ1v) is 5.44. The van der Waals surface area contributed by atoms with Crippen LogP contribution in [0.2, 0.25) is 0 Å². The van der Waals surface area contributed by atoms with E-state index in [9.17, 15) is 0 Å². The predicted molar refractivity (Wildman–Crippen MR) is 59.5 cm³/mol. The molecule has 2 unspecified atom stereocenters. The van der Waals surface area contributed by atoms with Gasteiger partial charge >= 0.3 is 0 Å². The quantitative estimate of drug-likeness (QED) is 0.775. The summed E-state index contributed by atoms with van der Waals surface area (Å²) in [5.41, 5.74) is 2.68. The molecule has 0 bridgehead atoms. The number of nitrogens with zero attached hydrogens (tertiary/aromatic N) is 1. The van der Waals surface area contributed by atoms with E-state index >= 15 is 0 Å². The molecule has 1 aromatic heterocycles. The number of rotatable bonds is 2. The van der Waals surface area contributed by atoms with Crippen molar-refractivity contribution >= 4 is 5.69 Å². The lowest BCUT2D eigenvalue weighted by molar-refractivity contribution is 0.447. The monoisotopic (exact) mass is 190 g/mol. The second-order valence-corrected chi connectivity index (χ2v) is 4.39. The van der Waals surface area contributed by atoms with Crippen molar-refractivity contribution in [1.29, 1.82) is 0 Å². The molecular formula is C12H18N2. The highest BCUT2D eigenvalue weighted by Gasteiger charge is 2.32. The van der Waals surface area contributed by atoms with Gasteiger partial charge in [-0.1, -0.05) is 20.8 Å². The van der Waals surface area contributed by atoms with E-state index in [1.807, 2.05) is 12.4 Å².